The van der Waals surface area contributed by atoms with Crippen LogP contribution in [0.3, 0.4) is 0 Å². The van der Waals surface area contributed by atoms with Crippen LogP contribution in [0.25, 0.3) is 0 Å². The highest BCUT2D eigenvalue weighted by molar-refractivity contribution is 5.76. The van der Waals surface area contributed by atoms with Crippen LogP contribution in [0, 0.1) is 0 Å². The van der Waals surface area contributed by atoms with Gasteiger partial charge in [0, 0.05) is 6.42 Å². The minimum absolute atomic E-state index is 0.252. The summed E-state index contributed by atoms with van der Waals surface area (Å²) < 4.78 is 22.7. The van der Waals surface area contributed by atoms with Crippen LogP contribution in [0.5, 0.6) is 0 Å². The summed E-state index contributed by atoms with van der Waals surface area (Å²) >= 11 is 0. The Morgan fingerprint density at radius 2 is 0.846 bits per heavy atom. The van der Waals surface area contributed by atoms with Gasteiger partial charge in [-0.15, -0.1) is 0 Å². The number of carbonyl (C=O) groups excluding carboxylic acids is 1. The minimum Gasteiger partial charge on any atom is -0.394 e. The fourth-order valence-corrected chi connectivity index (χ4v) is 10.3. The number of aliphatic hydroxyl groups is 8. The number of unbranched alkanes of at least 4 members (excludes halogenated alkanes) is 32. The van der Waals surface area contributed by atoms with Gasteiger partial charge < -0.3 is 65.1 Å². The molecule has 12 atom stereocenters. The number of carbonyl (C=O) groups is 1. The topological polar surface area (TPSA) is 228 Å². The Morgan fingerprint density at radius 1 is 0.449 bits per heavy atom. The first-order chi connectivity index (χ1) is 38.1. The fourth-order valence-electron chi connectivity index (χ4n) is 10.3. The Balaban J connectivity index is 1.60. The molecular formula is C64H117NO13. The quantitative estimate of drug-likeness (QED) is 0.0204. The van der Waals surface area contributed by atoms with Crippen LogP contribution < -0.4 is 5.32 Å². The molecule has 9 N–H and O–H groups in total. The highest BCUT2D eigenvalue weighted by Gasteiger charge is 2.51. The summed E-state index contributed by atoms with van der Waals surface area (Å²) in [6.45, 7) is 2.70. The molecule has 0 saturated carbocycles. The van der Waals surface area contributed by atoms with E-state index in [9.17, 15) is 45.6 Å². The molecule has 14 heteroatoms. The Labute approximate surface area is 473 Å². The van der Waals surface area contributed by atoms with Gasteiger partial charge in [0.25, 0.3) is 0 Å². The smallest absolute Gasteiger partial charge is 0.220 e. The first kappa shape index (κ1) is 72.1. The van der Waals surface area contributed by atoms with Crippen molar-refractivity contribution in [1.82, 2.24) is 5.32 Å². The predicted octanol–water partition coefficient (Wildman–Crippen LogP) is 11.6. The average Bonchev–Trinajstić information content (AvgIpc) is 3.45. The lowest BCUT2D eigenvalue weighted by Gasteiger charge is -2.46. The SMILES string of the molecule is CCC/C=C/CC/C=C/CC/C=C/C(O)C(COC1OC(CO)C(OC2OC(CO)C(O)C(O)C2O)C(O)C1O)NC(=O)CCCCCCCCCCCCCCCCCCCCCCC/C=C\CCCCCCCCCC. The minimum atomic E-state index is -1.79. The summed E-state index contributed by atoms with van der Waals surface area (Å²) in [6.07, 6.45) is 46.3. The third kappa shape index (κ3) is 34.4. The average molecular weight is 1110 g/mol. The Hall–Kier alpha value is -2.05. The molecule has 2 rings (SSSR count). The lowest BCUT2D eigenvalue weighted by Crippen LogP contribution is -2.65. The van der Waals surface area contributed by atoms with E-state index in [2.05, 4.69) is 55.6 Å². The zero-order valence-corrected chi connectivity index (χ0v) is 49.2. The number of hydrogen-bond acceptors (Lipinski definition) is 13. The molecule has 2 heterocycles. The van der Waals surface area contributed by atoms with E-state index in [1.807, 2.05) is 6.08 Å². The van der Waals surface area contributed by atoms with Gasteiger partial charge >= 0.3 is 0 Å². The summed E-state index contributed by atoms with van der Waals surface area (Å²) in [5, 5.41) is 86.9. The van der Waals surface area contributed by atoms with E-state index in [4.69, 9.17) is 18.9 Å². The van der Waals surface area contributed by atoms with E-state index >= 15 is 0 Å². The molecule has 456 valence electrons. The van der Waals surface area contributed by atoms with Gasteiger partial charge in [0.2, 0.25) is 5.91 Å². The largest absolute Gasteiger partial charge is 0.394 e. The number of aliphatic hydroxyl groups excluding tert-OH is 8. The maximum atomic E-state index is 13.2. The molecule has 0 aromatic carbocycles. The molecule has 12 unspecified atom stereocenters. The molecule has 14 nitrogen and oxygen atoms in total. The lowest BCUT2D eigenvalue weighted by molar-refractivity contribution is -0.359. The zero-order chi connectivity index (χ0) is 56.7. The van der Waals surface area contributed by atoms with Gasteiger partial charge in [0.1, 0.15) is 48.8 Å². The van der Waals surface area contributed by atoms with Crippen molar-refractivity contribution in [3.8, 4) is 0 Å². The van der Waals surface area contributed by atoms with Crippen molar-refractivity contribution in [1.29, 1.82) is 0 Å². The molecule has 78 heavy (non-hydrogen) atoms. The number of amides is 1. The van der Waals surface area contributed by atoms with Crippen LogP contribution in [0.15, 0.2) is 48.6 Å². The Morgan fingerprint density at radius 3 is 1.31 bits per heavy atom. The molecular weight excluding hydrogens is 991 g/mol. The summed E-state index contributed by atoms with van der Waals surface area (Å²) in [7, 11) is 0. The van der Waals surface area contributed by atoms with E-state index in [0.717, 1.165) is 51.4 Å². The van der Waals surface area contributed by atoms with Gasteiger partial charge in [-0.2, -0.15) is 0 Å². The third-order valence-electron chi connectivity index (χ3n) is 15.4. The van der Waals surface area contributed by atoms with Gasteiger partial charge in [0.05, 0.1) is 32.0 Å². The van der Waals surface area contributed by atoms with Crippen LogP contribution in [0.2, 0.25) is 0 Å². The molecule has 2 saturated heterocycles. The monoisotopic (exact) mass is 1110 g/mol. The molecule has 2 aliphatic heterocycles. The maximum Gasteiger partial charge on any atom is 0.220 e. The van der Waals surface area contributed by atoms with Crippen molar-refractivity contribution in [2.75, 3.05) is 19.8 Å². The molecule has 0 aromatic rings. The molecule has 0 spiro atoms. The van der Waals surface area contributed by atoms with Crippen LogP contribution >= 0.6 is 0 Å². The molecule has 1 amide bonds. The van der Waals surface area contributed by atoms with Gasteiger partial charge in [-0.05, 0) is 64.2 Å². The van der Waals surface area contributed by atoms with Crippen LogP contribution in [0.1, 0.15) is 258 Å². The zero-order valence-electron chi connectivity index (χ0n) is 49.2. The first-order valence-corrected chi connectivity index (χ1v) is 31.9. The molecule has 0 radical (unpaired) electrons. The third-order valence-corrected chi connectivity index (χ3v) is 15.4. The highest BCUT2D eigenvalue weighted by Crippen LogP contribution is 2.30. The van der Waals surface area contributed by atoms with Gasteiger partial charge in [-0.1, -0.05) is 236 Å². The predicted molar refractivity (Wildman–Crippen MR) is 314 cm³/mol. The highest BCUT2D eigenvalue weighted by atomic mass is 16.7. The number of rotatable bonds is 51. The number of hydrogen-bond donors (Lipinski definition) is 9. The summed E-state index contributed by atoms with van der Waals surface area (Å²) in [4.78, 5) is 13.2. The second-order valence-electron chi connectivity index (χ2n) is 22.5. The van der Waals surface area contributed by atoms with E-state index < -0.39 is 86.8 Å². The second kappa shape index (κ2) is 49.5. The standard InChI is InChI=1S/C64H117NO13/c1-3-5-7-9-11-13-15-16-17-18-19-20-21-22-23-24-25-26-27-28-29-30-31-32-33-34-35-36-38-40-42-44-46-48-56(69)65-52(53(68)47-45-43-41-39-37-14-12-10-8-6-4-2)51-75-63-61(74)59(72)62(55(50-67)77-63)78-64-60(73)58(71)57(70)54(49-66)76-64/h8,10,18-19,37,39,45,47,52-55,57-64,66-68,70-74H,3-7,9,11-17,20-36,38,40-44,46,48-51H2,1-2H3,(H,65,69)/b10-8+,19-18-,39-37+,47-45+. The van der Waals surface area contributed by atoms with Gasteiger partial charge in [-0.3, -0.25) is 4.79 Å². The summed E-state index contributed by atoms with van der Waals surface area (Å²) in [5.74, 6) is -0.252. The number of allylic oxidation sites excluding steroid dienone is 7. The van der Waals surface area contributed by atoms with Crippen molar-refractivity contribution in [3.05, 3.63) is 48.6 Å². The lowest BCUT2D eigenvalue weighted by atomic mass is 9.97. The van der Waals surface area contributed by atoms with Gasteiger partial charge in [0.15, 0.2) is 12.6 Å². The van der Waals surface area contributed by atoms with E-state index in [0.29, 0.717) is 12.8 Å². The van der Waals surface area contributed by atoms with Crippen LogP contribution in [-0.2, 0) is 23.7 Å². The Bertz CT molecular complexity index is 1490. The normalized spacial score (nSPS) is 24.8. The maximum absolute atomic E-state index is 13.2. The molecule has 2 fully saturated rings. The first-order valence-electron chi connectivity index (χ1n) is 31.9. The van der Waals surface area contributed by atoms with E-state index in [-0.39, 0.29) is 18.9 Å². The number of nitrogens with one attached hydrogen (secondary N) is 1. The molecule has 2 aliphatic rings. The Kier molecular flexibility index (Phi) is 45.8. The number of ether oxygens (including phenoxy) is 4. The summed E-state index contributed by atoms with van der Waals surface area (Å²) in [6, 6.07) is -0.936. The van der Waals surface area contributed by atoms with E-state index in [1.54, 1.807) is 6.08 Å². The van der Waals surface area contributed by atoms with Crippen molar-refractivity contribution in [3.63, 3.8) is 0 Å². The van der Waals surface area contributed by atoms with Gasteiger partial charge in [-0.25, -0.2) is 0 Å². The second-order valence-corrected chi connectivity index (χ2v) is 22.5. The summed E-state index contributed by atoms with van der Waals surface area (Å²) in [5.41, 5.74) is 0. The molecule has 0 bridgehead atoms. The van der Waals surface area contributed by atoms with Crippen molar-refractivity contribution in [2.45, 2.75) is 331 Å². The van der Waals surface area contributed by atoms with Crippen molar-refractivity contribution >= 4 is 5.91 Å². The molecule has 0 aromatic heterocycles. The van der Waals surface area contributed by atoms with E-state index in [1.165, 1.54) is 173 Å². The van der Waals surface area contributed by atoms with Crippen LogP contribution in [-0.4, -0.2) is 140 Å². The van der Waals surface area contributed by atoms with Crippen molar-refractivity contribution in [2.24, 2.45) is 0 Å². The fraction of sp³-hybridized carbons (Fsp3) is 0.859. The molecule has 0 aliphatic carbocycles. The van der Waals surface area contributed by atoms with Crippen molar-refractivity contribution < 1.29 is 64.6 Å². The van der Waals surface area contributed by atoms with Crippen LogP contribution in [0.4, 0.5) is 0 Å².